The maximum atomic E-state index is 12.1. The van der Waals surface area contributed by atoms with Crippen molar-refractivity contribution in [3.05, 3.63) is 90.5 Å². The van der Waals surface area contributed by atoms with Gasteiger partial charge in [-0.1, -0.05) is 48.5 Å². The fourth-order valence-corrected chi connectivity index (χ4v) is 3.09. The van der Waals surface area contributed by atoms with Crippen LogP contribution in [0.3, 0.4) is 0 Å². The number of ether oxygens (including phenoxy) is 3. The summed E-state index contributed by atoms with van der Waals surface area (Å²) in [5.74, 6) is 0.889. The van der Waals surface area contributed by atoms with Crippen LogP contribution in [0.5, 0.6) is 11.5 Å². The molecule has 0 spiro atoms. The zero-order chi connectivity index (χ0) is 23.1. The van der Waals surface area contributed by atoms with Gasteiger partial charge in [0.15, 0.2) is 0 Å². The van der Waals surface area contributed by atoms with E-state index in [9.17, 15) is 9.59 Å². The Hall–Kier alpha value is -3.80. The van der Waals surface area contributed by atoms with Crippen LogP contribution in [0.2, 0.25) is 0 Å². The third-order valence-corrected chi connectivity index (χ3v) is 4.77. The normalized spacial score (nSPS) is 10.3. The van der Waals surface area contributed by atoms with Crippen LogP contribution < -0.4 is 14.8 Å². The predicted molar refractivity (Wildman–Crippen MR) is 127 cm³/mol. The van der Waals surface area contributed by atoms with E-state index in [2.05, 4.69) is 5.32 Å². The average molecular weight is 448 g/mol. The van der Waals surface area contributed by atoms with Crippen molar-refractivity contribution >= 4 is 17.6 Å². The van der Waals surface area contributed by atoms with Crippen molar-refractivity contribution in [2.75, 3.05) is 25.1 Å². The highest BCUT2D eigenvalue weighted by molar-refractivity contribution is 5.92. The lowest BCUT2D eigenvalue weighted by atomic mass is 10.1. The van der Waals surface area contributed by atoms with Crippen molar-refractivity contribution < 1.29 is 23.8 Å². The van der Waals surface area contributed by atoms with Crippen LogP contribution in [0.15, 0.2) is 84.9 Å². The third kappa shape index (κ3) is 9.47. The van der Waals surface area contributed by atoms with Crippen molar-refractivity contribution in [1.82, 2.24) is 0 Å². The minimum Gasteiger partial charge on any atom is -0.490 e. The number of benzene rings is 3. The van der Waals surface area contributed by atoms with Crippen molar-refractivity contribution in [3.63, 3.8) is 0 Å². The Bertz CT molecular complexity index is 974. The Balaban J connectivity index is 1.26. The SMILES string of the molecule is O=C(CCC(=O)OCCCc1ccccc1)Nc1ccc(OCCOc2ccccc2)cc1. The molecule has 0 bridgehead atoms. The first-order valence-electron chi connectivity index (χ1n) is 11.1. The number of nitrogens with one attached hydrogen (secondary N) is 1. The molecule has 0 saturated carbocycles. The van der Waals surface area contributed by atoms with Crippen molar-refractivity contribution in [1.29, 1.82) is 0 Å². The molecule has 0 aliphatic carbocycles. The van der Waals surface area contributed by atoms with Gasteiger partial charge in [-0.2, -0.15) is 0 Å². The van der Waals surface area contributed by atoms with E-state index >= 15 is 0 Å². The Labute approximate surface area is 194 Å². The number of para-hydroxylation sites is 1. The molecule has 0 aliphatic heterocycles. The van der Waals surface area contributed by atoms with Gasteiger partial charge in [0, 0.05) is 12.1 Å². The zero-order valence-corrected chi connectivity index (χ0v) is 18.6. The van der Waals surface area contributed by atoms with E-state index in [1.54, 1.807) is 24.3 Å². The molecule has 0 aliphatic rings. The van der Waals surface area contributed by atoms with Crippen LogP contribution in [0.1, 0.15) is 24.8 Å². The van der Waals surface area contributed by atoms with Crippen LogP contribution in [0.25, 0.3) is 0 Å². The molecule has 0 unspecified atom stereocenters. The second-order valence-electron chi connectivity index (χ2n) is 7.39. The minimum atomic E-state index is -0.361. The molecule has 0 heterocycles. The topological polar surface area (TPSA) is 73.9 Å². The molecule has 6 nitrogen and oxygen atoms in total. The maximum absolute atomic E-state index is 12.1. The molecule has 0 aromatic heterocycles. The summed E-state index contributed by atoms with van der Waals surface area (Å²) in [4.78, 5) is 23.9. The van der Waals surface area contributed by atoms with E-state index < -0.39 is 0 Å². The summed E-state index contributed by atoms with van der Waals surface area (Å²) in [6.45, 7) is 1.20. The molecule has 3 aromatic rings. The number of hydrogen-bond acceptors (Lipinski definition) is 5. The lowest BCUT2D eigenvalue weighted by molar-refractivity contribution is -0.144. The number of hydrogen-bond donors (Lipinski definition) is 1. The average Bonchev–Trinajstić information content (AvgIpc) is 2.85. The van der Waals surface area contributed by atoms with Gasteiger partial charge in [-0.15, -0.1) is 0 Å². The summed E-state index contributed by atoms with van der Waals surface area (Å²) in [6, 6.07) is 26.7. The summed E-state index contributed by atoms with van der Waals surface area (Å²) in [5.41, 5.74) is 1.86. The number of rotatable bonds is 13. The number of anilines is 1. The highest BCUT2D eigenvalue weighted by atomic mass is 16.5. The Morgan fingerprint density at radius 2 is 1.27 bits per heavy atom. The smallest absolute Gasteiger partial charge is 0.306 e. The van der Waals surface area contributed by atoms with Crippen LogP contribution >= 0.6 is 0 Å². The first-order valence-corrected chi connectivity index (χ1v) is 11.1. The van der Waals surface area contributed by atoms with E-state index in [0.29, 0.717) is 31.3 Å². The molecule has 1 N–H and O–H groups in total. The molecule has 33 heavy (non-hydrogen) atoms. The minimum absolute atomic E-state index is 0.0553. The first kappa shape index (κ1) is 23.9. The van der Waals surface area contributed by atoms with E-state index in [1.165, 1.54) is 5.56 Å². The summed E-state index contributed by atoms with van der Waals surface area (Å²) in [6.07, 6.45) is 1.75. The van der Waals surface area contributed by atoms with Gasteiger partial charge in [0.25, 0.3) is 0 Å². The molecule has 0 atom stereocenters. The Morgan fingerprint density at radius 1 is 0.667 bits per heavy atom. The van der Waals surface area contributed by atoms with Gasteiger partial charge < -0.3 is 19.5 Å². The van der Waals surface area contributed by atoms with Crippen LogP contribution in [0.4, 0.5) is 5.69 Å². The zero-order valence-electron chi connectivity index (χ0n) is 18.6. The first-order chi connectivity index (χ1) is 16.2. The number of carbonyl (C=O) groups is 2. The fraction of sp³-hybridized carbons (Fsp3) is 0.259. The van der Waals surface area contributed by atoms with E-state index in [4.69, 9.17) is 14.2 Å². The predicted octanol–water partition coefficient (Wildman–Crippen LogP) is 5.04. The Kier molecular flexibility index (Phi) is 9.81. The highest BCUT2D eigenvalue weighted by Gasteiger charge is 2.09. The molecular formula is C27H29NO5. The molecule has 6 heteroatoms. The van der Waals surface area contributed by atoms with Gasteiger partial charge in [-0.05, 0) is 54.8 Å². The highest BCUT2D eigenvalue weighted by Crippen LogP contribution is 2.16. The summed E-state index contributed by atoms with van der Waals surface area (Å²) < 4.78 is 16.4. The molecule has 1 amide bonds. The summed E-state index contributed by atoms with van der Waals surface area (Å²) in [7, 11) is 0. The number of amides is 1. The van der Waals surface area contributed by atoms with Crippen molar-refractivity contribution in [2.45, 2.75) is 25.7 Å². The van der Waals surface area contributed by atoms with Gasteiger partial charge in [0.2, 0.25) is 5.91 Å². The van der Waals surface area contributed by atoms with Gasteiger partial charge in [-0.3, -0.25) is 9.59 Å². The molecule has 3 rings (SSSR count). The Morgan fingerprint density at radius 3 is 1.94 bits per heavy atom. The molecule has 0 saturated heterocycles. The quantitative estimate of drug-likeness (QED) is 0.294. The van der Waals surface area contributed by atoms with Crippen molar-refractivity contribution in [2.24, 2.45) is 0 Å². The fourth-order valence-electron chi connectivity index (χ4n) is 3.09. The molecule has 172 valence electrons. The van der Waals surface area contributed by atoms with Gasteiger partial charge in [-0.25, -0.2) is 0 Å². The van der Waals surface area contributed by atoms with Crippen LogP contribution in [-0.4, -0.2) is 31.7 Å². The monoisotopic (exact) mass is 447 g/mol. The second-order valence-corrected chi connectivity index (χ2v) is 7.39. The van der Waals surface area contributed by atoms with E-state index in [-0.39, 0.29) is 24.7 Å². The molecule has 3 aromatic carbocycles. The number of aryl methyl sites for hydroxylation is 1. The van der Waals surface area contributed by atoms with Gasteiger partial charge in [0.05, 0.1) is 13.0 Å². The summed E-state index contributed by atoms with van der Waals surface area (Å²) in [5, 5.41) is 2.78. The van der Waals surface area contributed by atoms with Crippen LogP contribution in [-0.2, 0) is 20.7 Å². The lowest BCUT2D eigenvalue weighted by Crippen LogP contribution is -2.15. The largest absolute Gasteiger partial charge is 0.490 e. The molecule has 0 radical (unpaired) electrons. The van der Waals surface area contributed by atoms with Crippen LogP contribution in [0, 0.1) is 0 Å². The standard InChI is InChI=1S/C27H29NO5/c29-26(17-18-27(30)33-19-7-10-22-8-3-1-4-9-22)28-23-13-15-25(16-14-23)32-21-20-31-24-11-5-2-6-12-24/h1-6,8-9,11-16H,7,10,17-21H2,(H,28,29). The molecule has 0 fully saturated rings. The van der Waals surface area contributed by atoms with E-state index in [0.717, 1.165) is 18.6 Å². The second kappa shape index (κ2) is 13.6. The molecular weight excluding hydrogens is 418 g/mol. The van der Waals surface area contributed by atoms with Crippen molar-refractivity contribution in [3.8, 4) is 11.5 Å². The lowest BCUT2D eigenvalue weighted by Gasteiger charge is -2.09. The maximum Gasteiger partial charge on any atom is 0.306 e. The van der Waals surface area contributed by atoms with Gasteiger partial charge >= 0.3 is 5.97 Å². The number of esters is 1. The van der Waals surface area contributed by atoms with Gasteiger partial charge in [0.1, 0.15) is 24.7 Å². The summed E-state index contributed by atoms with van der Waals surface area (Å²) >= 11 is 0. The third-order valence-electron chi connectivity index (χ3n) is 4.77. The number of carbonyl (C=O) groups excluding carboxylic acids is 2. The van der Waals surface area contributed by atoms with E-state index in [1.807, 2.05) is 60.7 Å².